The molecule has 2 aromatic rings. The van der Waals surface area contributed by atoms with Gasteiger partial charge in [0.15, 0.2) is 0 Å². The van der Waals surface area contributed by atoms with Gasteiger partial charge in [-0.15, -0.1) is 0 Å². The first-order valence-corrected chi connectivity index (χ1v) is 6.00. The fourth-order valence-corrected chi connectivity index (χ4v) is 1.75. The highest BCUT2D eigenvalue weighted by Crippen LogP contribution is 2.23. The number of carboxylic acid groups (broad SMARTS) is 1. The Morgan fingerprint density at radius 1 is 1.25 bits per heavy atom. The van der Waals surface area contributed by atoms with Crippen LogP contribution in [0, 0.1) is 0 Å². The summed E-state index contributed by atoms with van der Waals surface area (Å²) in [6.45, 7) is 4.01. The van der Waals surface area contributed by atoms with Gasteiger partial charge in [-0.25, -0.2) is 4.79 Å². The quantitative estimate of drug-likeness (QED) is 0.874. The predicted octanol–water partition coefficient (Wildman–Crippen LogP) is 3.31. The van der Waals surface area contributed by atoms with E-state index in [-0.39, 0.29) is 11.3 Å². The molecular weight excluding hydrogens is 256 g/mol. The van der Waals surface area contributed by atoms with Gasteiger partial charge in [-0.05, 0) is 35.4 Å². The Balaban J connectivity index is 2.12. The molecule has 0 fully saturated rings. The number of carbonyl (C=O) groups is 1. The second-order valence-electron chi connectivity index (χ2n) is 4.22. The number of benzene rings is 2. The van der Waals surface area contributed by atoms with E-state index in [9.17, 15) is 9.90 Å². The minimum atomic E-state index is -1.19. The highest BCUT2D eigenvalue weighted by Gasteiger charge is 2.10. The number of rotatable bonds is 5. The fraction of sp³-hybridized carbons (Fsp3) is 0.0625. The van der Waals surface area contributed by atoms with Crippen molar-refractivity contribution in [1.29, 1.82) is 0 Å². The van der Waals surface area contributed by atoms with Gasteiger partial charge in [0.05, 0.1) is 0 Å². The summed E-state index contributed by atoms with van der Waals surface area (Å²) < 4.78 is 5.53. The minimum Gasteiger partial charge on any atom is -0.507 e. The average Bonchev–Trinajstić information content (AvgIpc) is 2.46. The number of aromatic hydroxyl groups is 1. The minimum absolute atomic E-state index is 0.178. The molecule has 4 heteroatoms. The Labute approximate surface area is 116 Å². The van der Waals surface area contributed by atoms with Gasteiger partial charge in [0, 0.05) is 0 Å². The van der Waals surface area contributed by atoms with Crippen LogP contribution in [-0.2, 0) is 6.61 Å². The Morgan fingerprint density at radius 2 is 2.05 bits per heavy atom. The van der Waals surface area contributed by atoms with Crippen LogP contribution in [0.15, 0.2) is 49.0 Å². The van der Waals surface area contributed by atoms with Crippen molar-refractivity contribution < 1.29 is 19.7 Å². The lowest BCUT2D eigenvalue weighted by Crippen LogP contribution is -2.00. The predicted molar refractivity (Wildman–Crippen MR) is 75.9 cm³/mol. The highest BCUT2D eigenvalue weighted by molar-refractivity contribution is 5.91. The van der Waals surface area contributed by atoms with Gasteiger partial charge < -0.3 is 14.9 Å². The molecule has 0 heterocycles. The van der Waals surface area contributed by atoms with Crippen LogP contribution in [0.3, 0.4) is 0 Å². The maximum absolute atomic E-state index is 10.9. The zero-order valence-electron chi connectivity index (χ0n) is 10.7. The summed E-state index contributed by atoms with van der Waals surface area (Å²) in [5.41, 5.74) is 1.76. The van der Waals surface area contributed by atoms with Crippen molar-refractivity contribution in [1.82, 2.24) is 0 Å². The molecule has 2 aromatic carbocycles. The van der Waals surface area contributed by atoms with Gasteiger partial charge >= 0.3 is 5.97 Å². The molecule has 0 saturated heterocycles. The van der Waals surface area contributed by atoms with Crippen molar-refractivity contribution in [2.75, 3.05) is 0 Å². The smallest absolute Gasteiger partial charge is 0.339 e. The highest BCUT2D eigenvalue weighted by atomic mass is 16.5. The van der Waals surface area contributed by atoms with E-state index >= 15 is 0 Å². The van der Waals surface area contributed by atoms with Crippen molar-refractivity contribution in [2.45, 2.75) is 6.61 Å². The number of phenols is 1. The first-order chi connectivity index (χ1) is 9.60. The van der Waals surface area contributed by atoms with Crippen molar-refractivity contribution in [3.63, 3.8) is 0 Å². The standard InChI is InChI=1S/C16H14O4/c1-2-11-4-3-5-12(8-11)10-20-13-6-7-15(17)14(9-13)16(18)19/h2-9,17H,1,10H2,(H,18,19). The van der Waals surface area contributed by atoms with E-state index in [1.807, 2.05) is 24.3 Å². The van der Waals surface area contributed by atoms with Gasteiger partial charge in [-0.1, -0.05) is 30.9 Å². The molecule has 4 nitrogen and oxygen atoms in total. The lowest BCUT2D eigenvalue weighted by atomic mass is 10.1. The molecule has 0 aliphatic carbocycles. The molecule has 0 aliphatic heterocycles. The SMILES string of the molecule is C=Cc1cccc(COc2ccc(O)c(C(=O)O)c2)c1. The molecule has 0 aliphatic rings. The summed E-state index contributed by atoms with van der Waals surface area (Å²) in [6, 6.07) is 11.8. The second-order valence-corrected chi connectivity index (χ2v) is 4.22. The van der Waals surface area contributed by atoms with Crippen LogP contribution in [0.4, 0.5) is 0 Å². The molecule has 2 rings (SSSR count). The van der Waals surface area contributed by atoms with Crippen LogP contribution < -0.4 is 4.74 Å². The molecule has 0 aromatic heterocycles. The van der Waals surface area contributed by atoms with Gasteiger partial charge in [0.25, 0.3) is 0 Å². The number of carboxylic acids is 1. The van der Waals surface area contributed by atoms with Crippen LogP contribution in [0.1, 0.15) is 21.5 Å². The second kappa shape index (κ2) is 5.93. The fourth-order valence-electron chi connectivity index (χ4n) is 1.75. The first kappa shape index (κ1) is 13.7. The number of hydrogen-bond donors (Lipinski definition) is 2. The summed E-state index contributed by atoms with van der Waals surface area (Å²) in [4.78, 5) is 10.9. The average molecular weight is 270 g/mol. The monoisotopic (exact) mass is 270 g/mol. The summed E-state index contributed by atoms with van der Waals surface area (Å²) >= 11 is 0. The Hall–Kier alpha value is -2.75. The van der Waals surface area contributed by atoms with Gasteiger partial charge in [-0.2, -0.15) is 0 Å². The topological polar surface area (TPSA) is 66.8 Å². The zero-order valence-corrected chi connectivity index (χ0v) is 10.7. The number of hydrogen-bond acceptors (Lipinski definition) is 3. The summed E-state index contributed by atoms with van der Waals surface area (Å²) in [7, 11) is 0. The lowest BCUT2D eigenvalue weighted by Gasteiger charge is -2.08. The third-order valence-corrected chi connectivity index (χ3v) is 2.79. The van der Waals surface area contributed by atoms with Crippen LogP contribution >= 0.6 is 0 Å². The molecule has 0 bridgehead atoms. The van der Waals surface area contributed by atoms with E-state index in [1.165, 1.54) is 18.2 Å². The van der Waals surface area contributed by atoms with E-state index in [2.05, 4.69) is 6.58 Å². The van der Waals surface area contributed by atoms with Crippen molar-refractivity contribution in [3.05, 3.63) is 65.7 Å². The number of aromatic carboxylic acids is 1. The summed E-state index contributed by atoms with van der Waals surface area (Å²) in [5, 5.41) is 18.3. The molecule has 2 N–H and O–H groups in total. The molecule has 0 atom stereocenters. The van der Waals surface area contributed by atoms with Crippen LogP contribution in [-0.4, -0.2) is 16.2 Å². The zero-order chi connectivity index (χ0) is 14.5. The first-order valence-electron chi connectivity index (χ1n) is 6.00. The number of ether oxygens (including phenoxy) is 1. The van der Waals surface area contributed by atoms with E-state index < -0.39 is 5.97 Å². The molecule has 0 saturated carbocycles. The molecule has 0 spiro atoms. The van der Waals surface area contributed by atoms with E-state index in [4.69, 9.17) is 9.84 Å². The molecule has 0 unspecified atom stereocenters. The van der Waals surface area contributed by atoms with Gasteiger partial charge in [0.1, 0.15) is 23.7 Å². The Bertz CT molecular complexity index is 647. The third kappa shape index (κ3) is 3.17. The summed E-state index contributed by atoms with van der Waals surface area (Å²) in [5.74, 6) is -1.08. The molecule has 0 radical (unpaired) electrons. The molecular formula is C16H14O4. The van der Waals surface area contributed by atoms with Gasteiger partial charge in [0.2, 0.25) is 0 Å². The third-order valence-electron chi connectivity index (χ3n) is 2.79. The molecule has 20 heavy (non-hydrogen) atoms. The molecule has 102 valence electrons. The van der Waals surface area contributed by atoms with Crippen molar-refractivity contribution in [3.8, 4) is 11.5 Å². The van der Waals surface area contributed by atoms with Crippen molar-refractivity contribution in [2.24, 2.45) is 0 Å². The van der Waals surface area contributed by atoms with Crippen LogP contribution in [0.25, 0.3) is 6.08 Å². The Morgan fingerprint density at radius 3 is 2.75 bits per heavy atom. The van der Waals surface area contributed by atoms with E-state index in [1.54, 1.807) is 6.08 Å². The maximum Gasteiger partial charge on any atom is 0.339 e. The molecule has 0 amide bonds. The largest absolute Gasteiger partial charge is 0.507 e. The summed E-state index contributed by atoms with van der Waals surface area (Å²) in [6.07, 6.45) is 1.74. The Kier molecular flexibility index (Phi) is 4.05. The van der Waals surface area contributed by atoms with Crippen LogP contribution in [0.2, 0.25) is 0 Å². The maximum atomic E-state index is 10.9. The van der Waals surface area contributed by atoms with Crippen molar-refractivity contribution >= 4 is 12.0 Å². The van der Waals surface area contributed by atoms with Gasteiger partial charge in [-0.3, -0.25) is 0 Å². The normalized spacial score (nSPS) is 10.0. The lowest BCUT2D eigenvalue weighted by molar-refractivity contribution is 0.0693. The van der Waals surface area contributed by atoms with Crippen LogP contribution in [0.5, 0.6) is 11.5 Å². The van der Waals surface area contributed by atoms with E-state index in [0.717, 1.165) is 11.1 Å². The van der Waals surface area contributed by atoms with E-state index in [0.29, 0.717) is 12.4 Å².